The molecular weight excluding hydrogens is 262 g/mol. The second kappa shape index (κ2) is 5.92. The summed E-state index contributed by atoms with van der Waals surface area (Å²) in [6.45, 7) is 10.2. The van der Waals surface area contributed by atoms with Gasteiger partial charge >= 0.3 is 0 Å². The van der Waals surface area contributed by atoms with E-state index >= 15 is 0 Å². The molecule has 0 bridgehead atoms. The van der Waals surface area contributed by atoms with Crippen molar-refractivity contribution in [3.05, 3.63) is 22.8 Å². The molecule has 0 heterocycles. The van der Waals surface area contributed by atoms with E-state index < -0.39 is 10.0 Å². The standard InChI is InChI=1S/C14H23NO3S/c1-7-15(8-2)19(16,17)13-9-10(3)14(18-6)12(5)11(13)4/h9H,7-8H2,1-6H3. The fourth-order valence-corrected chi connectivity index (χ4v) is 4.13. The van der Waals surface area contributed by atoms with E-state index in [1.807, 2.05) is 34.6 Å². The molecule has 0 saturated heterocycles. The van der Waals surface area contributed by atoms with Gasteiger partial charge in [0.15, 0.2) is 0 Å². The van der Waals surface area contributed by atoms with Crippen LogP contribution in [-0.2, 0) is 10.0 Å². The van der Waals surface area contributed by atoms with Crippen molar-refractivity contribution in [3.63, 3.8) is 0 Å². The number of aryl methyl sites for hydroxylation is 1. The average Bonchev–Trinajstić information content (AvgIpc) is 2.35. The predicted molar refractivity (Wildman–Crippen MR) is 77.3 cm³/mol. The van der Waals surface area contributed by atoms with E-state index in [2.05, 4.69) is 0 Å². The van der Waals surface area contributed by atoms with Crippen LogP contribution in [0, 0.1) is 20.8 Å². The molecule has 0 aromatic heterocycles. The van der Waals surface area contributed by atoms with Gasteiger partial charge < -0.3 is 4.74 Å². The molecule has 0 spiro atoms. The molecule has 0 unspecified atom stereocenters. The summed E-state index contributed by atoms with van der Waals surface area (Å²) >= 11 is 0. The lowest BCUT2D eigenvalue weighted by atomic mass is 10.1. The summed E-state index contributed by atoms with van der Waals surface area (Å²) in [5, 5.41) is 0. The SMILES string of the molecule is CCN(CC)S(=O)(=O)c1cc(C)c(OC)c(C)c1C. The van der Waals surface area contributed by atoms with E-state index in [0.29, 0.717) is 18.0 Å². The zero-order valence-corrected chi connectivity index (χ0v) is 13.4. The summed E-state index contributed by atoms with van der Waals surface area (Å²) in [6, 6.07) is 1.70. The second-order valence-corrected chi connectivity index (χ2v) is 6.47. The van der Waals surface area contributed by atoms with E-state index in [9.17, 15) is 8.42 Å². The third-order valence-corrected chi connectivity index (χ3v) is 5.68. The third kappa shape index (κ3) is 2.77. The Hall–Kier alpha value is -1.07. The maximum Gasteiger partial charge on any atom is 0.243 e. The highest BCUT2D eigenvalue weighted by molar-refractivity contribution is 7.89. The molecule has 4 nitrogen and oxygen atoms in total. The summed E-state index contributed by atoms with van der Waals surface area (Å²) in [5.74, 6) is 0.760. The van der Waals surface area contributed by atoms with Gasteiger partial charge in [-0.3, -0.25) is 0 Å². The maximum absolute atomic E-state index is 12.6. The topological polar surface area (TPSA) is 46.6 Å². The molecule has 0 aliphatic carbocycles. The molecule has 0 fully saturated rings. The van der Waals surface area contributed by atoms with Crippen LogP contribution < -0.4 is 4.74 Å². The summed E-state index contributed by atoms with van der Waals surface area (Å²) in [5.41, 5.74) is 2.49. The van der Waals surface area contributed by atoms with E-state index in [-0.39, 0.29) is 0 Å². The molecule has 0 radical (unpaired) electrons. The molecule has 1 aromatic carbocycles. The Morgan fingerprint density at radius 3 is 2.05 bits per heavy atom. The van der Waals surface area contributed by atoms with Gasteiger partial charge in [-0.1, -0.05) is 13.8 Å². The minimum Gasteiger partial charge on any atom is -0.496 e. The van der Waals surface area contributed by atoms with Crippen molar-refractivity contribution in [2.75, 3.05) is 20.2 Å². The molecule has 5 heteroatoms. The third-order valence-electron chi connectivity index (χ3n) is 3.51. The van der Waals surface area contributed by atoms with Crippen LogP contribution in [0.25, 0.3) is 0 Å². The van der Waals surface area contributed by atoms with Crippen molar-refractivity contribution >= 4 is 10.0 Å². The molecule has 0 aliphatic heterocycles. The highest BCUT2D eigenvalue weighted by atomic mass is 32.2. The first-order chi connectivity index (χ1) is 8.81. The fourth-order valence-electron chi connectivity index (χ4n) is 2.31. The lowest BCUT2D eigenvalue weighted by molar-refractivity contribution is 0.407. The minimum atomic E-state index is -3.42. The molecule has 1 rings (SSSR count). The van der Waals surface area contributed by atoms with Crippen molar-refractivity contribution in [2.24, 2.45) is 0 Å². The largest absolute Gasteiger partial charge is 0.496 e. The Kier molecular flexibility index (Phi) is 4.98. The van der Waals surface area contributed by atoms with Crippen molar-refractivity contribution in [1.82, 2.24) is 4.31 Å². The summed E-state index contributed by atoms with van der Waals surface area (Å²) in [7, 11) is -1.82. The van der Waals surface area contributed by atoms with Gasteiger partial charge in [0.05, 0.1) is 12.0 Å². The summed E-state index contributed by atoms with van der Waals surface area (Å²) < 4.78 is 32.0. The van der Waals surface area contributed by atoms with E-state index in [1.54, 1.807) is 13.2 Å². The predicted octanol–water partition coefficient (Wildman–Crippen LogP) is 2.65. The number of sulfonamides is 1. The van der Waals surface area contributed by atoms with Gasteiger partial charge in [0.2, 0.25) is 10.0 Å². The zero-order chi connectivity index (χ0) is 14.8. The van der Waals surface area contributed by atoms with Crippen LogP contribution in [0.1, 0.15) is 30.5 Å². The van der Waals surface area contributed by atoms with Gasteiger partial charge in [-0.2, -0.15) is 4.31 Å². The van der Waals surface area contributed by atoms with Crippen LogP contribution in [0.2, 0.25) is 0 Å². The summed E-state index contributed by atoms with van der Waals surface area (Å²) in [4.78, 5) is 0.381. The Morgan fingerprint density at radius 1 is 1.11 bits per heavy atom. The van der Waals surface area contributed by atoms with Gasteiger partial charge in [-0.15, -0.1) is 0 Å². The van der Waals surface area contributed by atoms with Gasteiger partial charge in [-0.25, -0.2) is 8.42 Å². The number of ether oxygens (including phenoxy) is 1. The molecule has 1 aromatic rings. The summed E-state index contributed by atoms with van der Waals surface area (Å²) in [6.07, 6.45) is 0. The number of hydrogen-bond donors (Lipinski definition) is 0. The highest BCUT2D eigenvalue weighted by Gasteiger charge is 2.26. The fraction of sp³-hybridized carbons (Fsp3) is 0.571. The van der Waals surface area contributed by atoms with Gasteiger partial charge in [0.25, 0.3) is 0 Å². The number of benzene rings is 1. The van der Waals surface area contributed by atoms with Crippen molar-refractivity contribution in [2.45, 2.75) is 39.5 Å². The minimum absolute atomic E-state index is 0.381. The number of hydrogen-bond acceptors (Lipinski definition) is 3. The van der Waals surface area contributed by atoms with Crippen molar-refractivity contribution in [1.29, 1.82) is 0 Å². The van der Waals surface area contributed by atoms with Crippen LogP contribution >= 0.6 is 0 Å². The highest BCUT2D eigenvalue weighted by Crippen LogP contribution is 2.32. The normalized spacial score (nSPS) is 11.9. The second-order valence-electron chi connectivity index (χ2n) is 4.56. The van der Waals surface area contributed by atoms with Crippen molar-refractivity contribution in [3.8, 4) is 5.75 Å². The molecule has 0 saturated carbocycles. The first kappa shape index (κ1) is 16.0. The smallest absolute Gasteiger partial charge is 0.243 e. The molecule has 108 valence electrons. The average molecular weight is 285 g/mol. The van der Waals surface area contributed by atoms with E-state index in [0.717, 1.165) is 22.4 Å². The van der Waals surface area contributed by atoms with E-state index in [4.69, 9.17) is 4.74 Å². The Labute approximate surface area is 116 Å². The van der Waals surface area contributed by atoms with E-state index in [1.165, 1.54) is 4.31 Å². The lowest BCUT2D eigenvalue weighted by Gasteiger charge is -2.22. The quantitative estimate of drug-likeness (QED) is 0.835. The van der Waals surface area contributed by atoms with Gasteiger partial charge in [0, 0.05) is 13.1 Å². The van der Waals surface area contributed by atoms with Crippen LogP contribution in [0.3, 0.4) is 0 Å². The Morgan fingerprint density at radius 2 is 1.63 bits per heavy atom. The first-order valence-electron chi connectivity index (χ1n) is 6.46. The number of rotatable bonds is 5. The van der Waals surface area contributed by atoms with Crippen LogP contribution in [0.15, 0.2) is 11.0 Å². The van der Waals surface area contributed by atoms with Crippen LogP contribution in [-0.4, -0.2) is 32.9 Å². The maximum atomic E-state index is 12.6. The monoisotopic (exact) mass is 285 g/mol. The van der Waals surface area contributed by atoms with Crippen molar-refractivity contribution < 1.29 is 13.2 Å². The molecule has 0 atom stereocenters. The Balaban J connectivity index is 3.53. The molecule has 0 amide bonds. The Bertz CT molecular complexity index is 561. The molecule has 0 aliphatic rings. The van der Waals surface area contributed by atoms with Gasteiger partial charge in [-0.05, 0) is 43.5 Å². The first-order valence-corrected chi connectivity index (χ1v) is 7.90. The van der Waals surface area contributed by atoms with Crippen LogP contribution in [0.4, 0.5) is 0 Å². The molecule has 0 N–H and O–H groups in total. The lowest BCUT2D eigenvalue weighted by Crippen LogP contribution is -2.31. The van der Waals surface area contributed by atoms with Gasteiger partial charge in [0.1, 0.15) is 5.75 Å². The molecular formula is C14H23NO3S. The molecule has 19 heavy (non-hydrogen) atoms. The van der Waals surface area contributed by atoms with Crippen LogP contribution in [0.5, 0.6) is 5.75 Å². The zero-order valence-electron chi connectivity index (χ0n) is 12.6. The number of nitrogens with zero attached hydrogens (tertiary/aromatic N) is 1. The number of methoxy groups -OCH3 is 1.